The van der Waals surface area contributed by atoms with Crippen molar-refractivity contribution in [3.63, 3.8) is 0 Å². The fraction of sp³-hybridized carbons (Fsp3) is 0.429. The molecule has 0 fully saturated rings. The Morgan fingerprint density at radius 2 is 2.39 bits per heavy atom. The maximum absolute atomic E-state index is 11.3. The van der Waals surface area contributed by atoms with Crippen LogP contribution in [-0.4, -0.2) is 17.5 Å². The van der Waals surface area contributed by atoms with Gasteiger partial charge in [0.05, 0.1) is 6.61 Å². The largest absolute Gasteiger partial charge is 0.477 e. The summed E-state index contributed by atoms with van der Waals surface area (Å²) in [5.74, 6) is 0.493. The Bertz CT molecular complexity index is 403. The van der Waals surface area contributed by atoms with E-state index >= 15 is 0 Å². The van der Waals surface area contributed by atoms with Gasteiger partial charge in [0.2, 0.25) is 11.8 Å². The number of hydrogen-bond donors (Lipinski definition) is 1. The van der Waals surface area contributed by atoms with Gasteiger partial charge in [-0.05, 0) is 25.5 Å². The second-order valence-corrected chi connectivity index (χ2v) is 3.89. The number of pyridine rings is 1. The van der Waals surface area contributed by atoms with Crippen LogP contribution in [0.15, 0.2) is 30.5 Å². The monoisotopic (exact) mass is 248 g/mol. The van der Waals surface area contributed by atoms with Crippen LogP contribution < -0.4 is 10.1 Å². The van der Waals surface area contributed by atoms with Crippen molar-refractivity contribution in [2.24, 2.45) is 0 Å². The van der Waals surface area contributed by atoms with Gasteiger partial charge in [-0.2, -0.15) is 0 Å². The zero-order chi connectivity index (χ0) is 13.2. The Balaban J connectivity index is 2.55. The van der Waals surface area contributed by atoms with E-state index < -0.39 is 0 Å². The molecule has 0 aliphatic rings. The molecule has 1 aromatic heterocycles. The lowest BCUT2D eigenvalue weighted by atomic mass is 10.2. The standard InChI is InChI=1S/C14H20N2O2/c1-3-5-10-18-14-12(8-6-9-15-14)11-16-13(17)7-4-2/h4,6-9H,3,5,10-11H2,1-2H3,(H,16,17)/b7-4+. The smallest absolute Gasteiger partial charge is 0.243 e. The molecule has 0 unspecified atom stereocenters. The van der Waals surface area contributed by atoms with Crippen LogP contribution in [0.2, 0.25) is 0 Å². The minimum absolute atomic E-state index is 0.110. The minimum Gasteiger partial charge on any atom is -0.477 e. The van der Waals surface area contributed by atoms with Crippen molar-refractivity contribution in [1.29, 1.82) is 0 Å². The molecule has 1 aromatic rings. The summed E-state index contributed by atoms with van der Waals surface area (Å²) in [6.45, 7) is 5.00. The van der Waals surface area contributed by atoms with Gasteiger partial charge in [0.1, 0.15) is 0 Å². The summed E-state index contributed by atoms with van der Waals surface area (Å²) in [5.41, 5.74) is 0.895. The molecule has 98 valence electrons. The molecular weight excluding hydrogens is 228 g/mol. The summed E-state index contributed by atoms with van der Waals surface area (Å²) >= 11 is 0. The average molecular weight is 248 g/mol. The van der Waals surface area contributed by atoms with E-state index in [2.05, 4.69) is 17.2 Å². The molecule has 1 heterocycles. The predicted molar refractivity (Wildman–Crippen MR) is 71.3 cm³/mol. The third kappa shape index (κ3) is 4.99. The highest BCUT2D eigenvalue weighted by Crippen LogP contribution is 2.14. The predicted octanol–water partition coefficient (Wildman–Crippen LogP) is 2.45. The number of unbranched alkanes of at least 4 members (excludes halogenated alkanes) is 1. The third-order valence-electron chi connectivity index (χ3n) is 2.36. The van der Waals surface area contributed by atoms with Crippen molar-refractivity contribution >= 4 is 5.91 Å². The molecule has 0 bridgehead atoms. The normalized spacial score (nSPS) is 10.6. The van der Waals surface area contributed by atoms with Crippen molar-refractivity contribution < 1.29 is 9.53 Å². The molecule has 18 heavy (non-hydrogen) atoms. The number of allylic oxidation sites excluding steroid dienone is 1. The first kappa shape index (κ1) is 14.2. The Hall–Kier alpha value is -1.84. The fourth-order valence-corrected chi connectivity index (χ4v) is 1.39. The molecule has 1 amide bonds. The molecular formula is C14H20N2O2. The van der Waals surface area contributed by atoms with Crippen LogP contribution >= 0.6 is 0 Å². The molecule has 1 rings (SSSR count). The molecule has 0 atom stereocenters. The second-order valence-electron chi connectivity index (χ2n) is 3.89. The molecule has 0 aliphatic carbocycles. The molecule has 4 heteroatoms. The number of nitrogens with one attached hydrogen (secondary N) is 1. The van der Waals surface area contributed by atoms with Crippen LogP contribution in [0.5, 0.6) is 5.88 Å². The fourth-order valence-electron chi connectivity index (χ4n) is 1.39. The van der Waals surface area contributed by atoms with Gasteiger partial charge in [-0.3, -0.25) is 4.79 Å². The van der Waals surface area contributed by atoms with Gasteiger partial charge in [0.25, 0.3) is 0 Å². The molecule has 0 aromatic carbocycles. The number of carbonyl (C=O) groups excluding carboxylic acids is 1. The summed E-state index contributed by atoms with van der Waals surface area (Å²) < 4.78 is 5.59. The Morgan fingerprint density at radius 1 is 1.56 bits per heavy atom. The molecule has 0 aliphatic heterocycles. The maximum Gasteiger partial charge on any atom is 0.243 e. The summed E-state index contributed by atoms with van der Waals surface area (Å²) in [4.78, 5) is 15.5. The van der Waals surface area contributed by atoms with Gasteiger partial charge in [-0.25, -0.2) is 4.98 Å². The lowest BCUT2D eigenvalue weighted by Gasteiger charge is -2.09. The van der Waals surface area contributed by atoms with Crippen LogP contribution in [-0.2, 0) is 11.3 Å². The molecule has 0 saturated carbocycles. The van der Waals surface area contributed by atoms with E-state index in [0.29, 0.717) is 19.0 Å². The SMILES string of the molecule is C/C=C/C(=O)NCc1cccnc1OCCCC. The lowest BCUT2D eigenvalue weighted by molar-refractivity contribution is -0.116. The lowest BCUT2D eigenvalue weighted by Crippen LogP contribution is -2.20. The van der Waals surface area contributed by atoms with Crippen LogP contribution in [0, 0.1) is 0 Å². The molecule has 0 spiro atoms. The topological polar surface area (TPSA) is 51.2 Å². The molecule has 0 radical (unpaired) electrons. The first-order chi connectivity index (χ1) is 8.77. The van der Waals surface area contributed by atoms with E-state index in [-0.39, 0.29) is 5.91 Å². The third-order valence-corrected chi connectivity index (χ3v) is 2.36. The number of nitrogens with zero attached hydrogens (tertiary/aromatic N) is 1. The van der Waals surface area contributed by atoms with Gasteiger partial charge in [-0.1, -0.05) is 25.5 Å². The Labute approximate surface area is 108 Å². The van der Waals surface area contributed by atoms with E-state index in [1.54, 1.807) is 12.3 Å². The highest BCUT2D eigenvalue weighted by molar-refractivity contribution is 5.87. The van der Waals surface area contributed by atoms with E-state index in [1.807, 2.05) is 19.1 Å². The van der Waals surface area contributed by atoms with Crippen molar-refractivity contribution in [2.45, 2.75) is 33.2 Å². The molecule has 1 N–H and O–H groups in total. The zero-order valence-electron chi connectivity index (χ0n) is 11.0. The van der Waals surface area contributed by atoms with Crippen LogP contribution in [0.4, 0.5) is 0 Å². The average Bonchev–Trinajstić information content (AvgIpc) is 2.38. The summed E-state index contributed by atoms with van der Waals surface area (Å²) in [7, 11) is 0. The highest BCUT2D eigenvalue weighted by Gasteiger charge is 2.05. The van der Waals surface area contributed by atoms with E-state index in [1.165, 1.54) is 6.08 Å². The molecule has 0 saturated heterocycles. The van der Waals surface area contributed by atoms with E-state index in [0.717, 1.165) is 18.4 Å². The number of ether oxygens (including phenoxy) is 1. The number of aromatic nitrogens is 1. The van der Waals surface area contributed by atoms with Gasteiger partial charge in [-0.15, -0.1) is 0 Å². The number of carbonyl (C=O) groups is 1. The van der Waals surface area contributed by atoms with Gasteiger partial charge < -0.3 is 10.1 Å². The zero-order valence-corrected chi connectivity index (χ0v) is 11.0. The Morgan fingerprint density at radius 3 is 3.11 bits per heavy atom. The quantitative estimate of drug-likeness (QED) is 0.595. The van der Waals surface area contributed by atoms with Crippen molar-refractivity contribution in [3.8, 4) is 5.88 Å². The van der Waals surface area contributed by atoms with Gasteiger partial charge in [0.15, 0.2) is 0 Å². The van der Waals surface area contributed by atoms with Crippen LogP contribution in [0.1, 0.15) is 32.3 Å². The maximum atomic E-state index is 11.3. The number of rotatable bonds is 7. The van der Waals surface area contributed by atoms with E-state index in [4.69, 9.17) is 4.74 Å². The molecule has 4 nitrogen and oxygen atoms in total. The van der Waals surface area contributed by atoms with Crippen molar-refractivity contribution in [1.82, 2.24) is 10.3 Å². The van der Waals surface area contributed by atoms with E-state index in [9.17, 15) is 4.79 Å². The first-order valence-electron chi connectivity index (χ1n) is 6.25. The summed E-state index contributed by atoms with van der Waals surface area (Å²) in [6, 6.07) is 3.74. The Kier molecular flexibility index (Phi) is 6.54. The minimum atomic E-state index is -0.110. The van der Waals surface area contributed by atoms with Gasteiger partial charge >= 0.3 is 0 Å². The van der Waals surface area contributed by atoms with Gasteiger partial charge in [0, 0.05) is 18.3 Å². The van der Waals surface area contributed by atoms with Crippen LogP contribution in [0.3, 0.4) is 0 Å². The first-order valence-corrected chi connectivity index (χ1v) is 6.25. The van der Waals surface area contributed by atoms with Crippen molar-refractivity contribution in [2.75, 3.05) is 6.61 Å². The highest BCUT2D eigenvalue weighted by atomic mass is 16.5. The number of amides is 1. The number of hydrogen-bond acceptors (Lipinski definition) is 3. The summed E-state index contributed by atoms with van der Waals surface area (Å²) in [6.07, 6.45) is 6.98. The second kappa shape index (κ2) is 8.28. The van der Waals surface area contributed by atoms with Crippen LogP contribution in [0.25, 0.3) is 0 Å². The van der Waals surface area contributed by atoms with Crippen molar-refractivity contribution in [3.05, 3.63) is 36.0 Å². The summed E-state index contributed by atoms with van der Waals surface area (Å²) in [5, 5.41) is 2.78.